The normalized spacial score (nSPS) is 9.83. The van der Waals surface area contributed by atoms with Crippen molar-refractivity contribution in [1.29, 1.82) is 0 Å². The van der Waals surface area contributed by atoms with Gasteiger partial charge in [0.15, 0.2) is 0 Å². The van der Waals surface area contributed by atoms with E-state index in [1.807, 2.05) is 0 Å². The molecule has 0 unspecified atom stereocenters. The molecule has 8 heteroatoms. The van der Waals surface area contributed by atoms with Crippen molar-refractivity contribution in [2.45, 2.75) is 46.0 Å². The van der Waals surface area contributed by atoms with Gasteiger partial charge in [-0.25, -0.2) is 4.79 Å². The number of hydrogen-bond donors (Lipinski definition) is 2. The van der Waals surface area contributed by atoms with Crippen molar-refractivity contribution >= 4 is 23.9 Å². The molecule has 0 bridgehead atoms. The van der Waals surface area contributed by atoms with Gasteiger partial charge in [0.2, 0.25) is 0 Å². The van der Waals surface area contributed by atoms with Gasteiger partial charge in [0.05, 0.1) is 32.5 Å². The second kappa shape index (κ2) is 11.2. The van der Waals surface area contributed by atoms with E-state index >= 15 is 0 Å². The lowest BCUT2D eigenvalue weighted by atomic mass is 9.99. The number of carbonyl (C=O) groups is 4. The highest BCUT2D eigenvalue weighted by molar-refractivity contribution is 5.95. The Morgan fingerprint density at radius 2 is 1.22 bits per heavy atom. The van der Waals surface area contributed by atoms with Gasteiger partial charge in [-0.2, -0.15) is 0 Å². The van der Waals surface area contributed by atoms with E-state index in [0.29, 0.717) is 12.8 Å². The van der Waals surface area contributed by atoms with Crippen LogP contribution in [0.3, 0.4) is 0 Å². The molecule has 0 amide bonds. The lowest BCUT2D eigenvalue weighted by molar-refractivity contribution is -0.144. The Bertz CT molecular complexity index is 454. The number of aliphatic carboxylic acids is 2. The molecular formula is C15H22O8. The zero-order chi connectivity index (χ0) is 17.8. The molecule has 0 aromatic carbocycles. The van der Waals surface area contributed by atoms with Crippen LogP contribution in [0.4, 0.5) is 0 Å². The summed E-state index contributed by atoms with van der Waals surface area (Å²) in [5.41, 5.74) is -0.610. The minimum Gasteiger partial charge on any atom is -0.481 e. The second-order valence-electron chi connectivity index (χ2n) is 4.75. The van der Waals surface area contributed by atoms with E-state index in [4.69, 9.17) is 19.7 Å². The van der Waals surface area contributed by atoms with Crippen LogP contribution < -0.4 is 0 Å². The highest BCUT2D eigenvalue weighted by Gasteiger charge is 2.23. The van der Waals surface area contributed by atoms with E-state index in [0.717, 1.165) is 0 Å². The van der Waals surface area contributed by atoms with Crippen molar-refractivity contribution in [1.82, 2.24) is 0 Å². The number of esters is 2. The van der Waals surface area contributed by atoms with E-state index in [9.17, 15) is 19.2 Å². The van der Waals surface area contributed by atoms with Gasteiger partial charge >= 0.3 is 23.9 Å². The van der Waals surface area contributed by atoms with E-state index in [-0.39, 0.29) is 18.8 Å². The number of ether oxygens (including phenoxy) is 2. The molecule has 0 aliphatic heterocycles. The zero-order valence-electron chi connectivity index (χ0n) is 13.3. The maximum Gasteiger partial charge on any atom is 0.332 e. The third-order valence-electron chi connectivity index (χ3n) is 2.66. The van der Waals surface area contributed by atoms with Gasteiger partial charge in [-0.3, -0.25) is 14.4 Å². The maximum absolute atomic E-state index is 11.7. The molecule has 0 aromatic heterocycles. The molecule has 0 aliphatic carbocycles. The van der Waals surface area contributed by atoms with Gasteiger partial charge in [0.25, 0.3) is 0 Å². The van der Waals surface area contributed by atoms with Crippen molar-refractivity contribution < 1.29 is 38.9 Å². The Balaban J connectivity index is 5.30. The Hall–Kier alpha value is -2.38. The summed E-state index contributed by atoms with van der Waals surface area (Å²) in [7, 11) is 0. The smallest absolute Gasteiger partial charge is 0.332 e. The summed E-state index contributed by atoms with van der Waals surface area (Å²) in [6.07, 6.45) is -0.548. The van der Waals surface area contributed by atoms with Crippen molar-refractivity contribution in [3.8, 4) is 0 Å². The van der Waals surface area contributed by atoms with E-state index in [1.165, 1.54) is 0 Å². The van der Waals surface area contributed by atoms with E-state index < -0.39 is 48.7 Å². The predicted molar refractivity (Wildman–Crippen MR) is 78.6 cm³/mol. The fourth-order valence-corrected chi connectivity index (χ4v) is 1.66. The third-order valence-corrected chi connectivity index (χ3v) is 2.66. The summed E-state index contributed by atoms with van der Waals surface area (Å²) < 4.78 is 9.71. The van der Waals surface area contributed by atoms with Gasteiger partial charge in [-0.15, -0.1) is 0 Å². The second-order valence-corrected chi connectivity index (χ2v) is 4.75. The molecule has 0 saturated heterocycles. The van der Waals surface area contributed by atoms with Crippen LogP contribution in [0.15, 0.2) is 11.1 Å². The summed E-state index contributed by atoms with van der Waals surface area (Å²) in [5, 5.41) is 17.9. The summed E-state index contributed by atoms with van der Waals surface area (Å²) in [4.78, 5) is 45.4. The lowest BCUT2D eigenvalue weighted by Gasteiger charge is -2.11. The molecule has 0 heterocycles. The highest BCUT2D eigenvalue weighted by atomic mass is 16.5. The Kier molecular flexibility index (Phi) is 10.1. The third kappa shape index (κ3) is 9.28. The summed E-state index contributed by atoms with van der Waals surface area (Å²) in [5.74, 6) is -4.29. The average molecular weight is 330 g/mol. The first-order valence-corrected chi connectivity index (χ1v) is 7.28. The molecule has 0 atom stereocenters. The van der Waals surface area contributed by atoms with Crippen LogP contribution >= 0.6 is 0 Å². The zero-order valence-corrected chi connectivity index (χ0v) is 13.3. The minimum absolute atomic E-state index is 0.109. The Labute approximate surface area is 134 Å². The maximum atomic E-state index is 11.7. The molecule has 0 aliphatic rings. The monoisotopic (exact) mass is 330 g/mol. The van der Waals surface area contributed by atoms with Gasteiger partial charge < -0.3 is 19.7 Å². The molecule has 0 rings (SSSR count). The van der Waals surface area contributed by atoms with E-state index in [2.05, 4.69) is 0 Å². The van der Waals surface area contributed by atoms with Crippen LogP contribution in [0.2, 0.25) is 0 Å². The molecule has 0 spiro atoms. The topological polar surface area (TPSA) is 127 Å². The van der Waals surface area contributed by atoms with Crippen LogP contribution in [0.5, 0.6) is 0 Å². The van der Waals surface area contributed by atoms with Crippen LogP contribution in [0, 0.1) is 0 Å². The SMILES string of the molecule is CCCOC(=O)CC(CC(=O)OCCC)=C(CC(=O)O)C(=O)O. The average Bonchev–Trinajstić information content (AvgIpc) is 2.47. The molecule has 8 nitrogen and oxygen atoms in total. The molecule has 130 valence electrons. The number of carbonyl (C=O) groups excluding carboxylic acids is 2. The minimum atomic E-state index is -1.49. The van der Waals surface area contributed by atoms with Gasteiger partial charge in [-0.1, -0.05) is 13.8 Å². The van der Waals surface area contributed by atoms with Gasteiger partial charge in [-0.05, 0) is 18.4 Å². The van der Waals surface area contributed by atoms with Crippen LogP contribution in [-0.2, 0) is 28.7 Å². The number of hydrogen-bond acceptors (Lipinski definition) is 6. The predicted octanol–water partition coefficient (Wildman–Crippen LogP) is 1.53. The molecule has 2 N–H and O–H groups in total. The largest absolute Gasteiger partial charge is 0.481 e. The van der Waals surface area contributed by atoms with Gasteiger partial charge in [0.1, 0.15) is 0 Å². The standard InChI is InChI=1S/C15H22O8/c1-3-5-22-13(18)7-10(8-14(19)23-6-4-2)11(15(20)21)9-12(16)17/h3-9H2,1-2H3,(H,16,17)(H,20,21). The van der Waals surface area contributed by atoms with Crippen LogP contribution in [-0.4, -0.2) is 47.3 Å². The number of carboxylic acids is 2. The fourth-order valence-electron chi connectivity index (χ4n) is 1.66. The number of carboxylic acid groups (broad SMARTS) is 2. The molecular weight excluding hydrogens is 308 g/mol. The van der Waals surface area contributed by atoms with Crippen molar-refractivity contribution in [3.63, 3.8) is 0 Å². The van der Waals surface area contributed by atoms with Crippen LogP contribution in [0.1, 0.15) is 46.0 Å². The first kappa shape index (κ1) is 20.6. The molecule has 0 radical (unpaired) electrons. The Morgan fingerprint density at radius 1 is 0.783 bits per heavy atom. The van der Waals surface area contributed by atoms with Crippen molar-refractivity contribution in [2.75, 3.05) is 13.2 Å². The molecule has 0 aromatic rings. The van der Waals surface area contributed by atoms with Crippen molar-refractivity contribution in [3.05, 3.63) is 11.1 Å². The molecule has 0 saturated carbocycles. The lowest BCUT2D eigenvalue weighted by Crippen LogP contribution is -2.17. The first-order chi connectivity index (χ1) is 10.8. The van der Waals surface area contributed by atoms with Crippen molar-refractivity contribution in [2.24, 2.45) is 0 Å². The molecule has 23 heavy (non-hydrogen) atoms. The summed E-state index contributed by atoms with van der Waals surface area (Å²) in [6, 6.07) is 0. The number of rotatable bonds is 11. The van der Waals surface area contributed by atoms with Crippen LogP contribution in [0.25, 0.3) is 0 Å². The molecule has 0 fully saturated rings. The Morgan fingerprint density at radius 3 is 1.52 bits per heavy atom. The van der Waals surface area contributed by atoms with E-state index in [1.54, 1.807) is 13.8 Å². The summed E-state index contributed by atoms with van der Waals surface area (Å²) in [6.45, 7) is 3.90. The highest BCUT2D eigenvalue weighted by Crippen LogP contribution is 2.19. The van der Waals surface area contributed by atoms with Gasteiger partial charge in [0, 0.05) is 5.57 Å². The first-order valence-electron chi connectivity index (χ1n) is 7.28. The summed E-state index contributed by atoms with van der Waals surface area (Å²) >= 11 is 0. The quantitative estimate of drug-likeness (QED) is 0.431. The fraction of sp³-hybridized carbons (Fsp3) is 0.600.